The van der Waals surface area contributed by atoms with Gasteiger partial charge in [-0.05, 0) is 100 Å². The molecule has 0 saturated heterocycles. The number of nitrogens with one attached hydrogen (secondary N) is 1. The van der Waals surface area contributed by atoms with Crippen molar-refractivity contribution in [2.75, 3.05) is 11.4 Å². The average Bonchev–Trinajstić information content (AvgIpc) is 3.32. The first-order valence-corrected chi connectivity index (χ1v) is 17.3. The molecule has 0 bridgehead atoms. The normalized spacial score (nSPS) is 20.3. The second-order valence-corrected chi connectivity index (χ2v) is 15.4. The van der Waals surface area contributed by atoms with E-state index in [4.69, 9.17) is 33.7 Å². The van der Waals surface area contributed by atoms with Gasteiger partial charge in [0.15, 0.2) is 5.75 Å². The van der Waals surface area contributed by atoms with Crippen LogP contribution < -0.4 is 20.1 Å². The number of fused-ring (bicyclic) bond motifs is 1. The van der Waals surface area contributed by atoms with Gasteiger partial charge in [0.2, 0.25) is 0 Å². The van der Waals surface area contributed by atoms with E-state index in [1.165, 1.54) is 46.5 Å². The molecule has 1 saturated carbocycles. The molecule has 7 nitrogen and oxygen atoms in total. The second-order valence-electron chi connectivity index (χ2n) is 11.6. The zero-order valence-corrected chi connectivity index (χ0v) is 27.2. The standard InChI is InChI=1S/C31H37Cl2N3O4S2/c1-19-8-4-6-10-24(19)31(2,34)20-12-14-21(15-13-20)35-30(37)40-28-23-9-5-7-11-27(23)41-29(28)36(3)42(38,39)22-16-17-25(32)26(33)18-22/h4,6,8,10,16-18,20-21H,5,7,9,11-15,34H2,1-3H3,(H,35,37). The lowest BCUT2D eigenvalue weighted by Gasteiger charge is -2.40. The monoisotopic (exact) mass is 649 g/mol. The fraction of sp³-hybridized carbons (Fsp3) is 0.452. The molecule has 0 aliphatic heterocycles. The number of hydrogen-bond acceptors (Lipinski definition) is 6. The minimum atomic E-state index is -3.99. The van der Waals surface area contributed by atoms with Gasteiger partial charge in [-0.1, -0.05) is 47.5 Å². The summed E-state index contributed by atoms with van der Waals surface area (Å²) >= 11 is 13.5. The predicted molar refractivity (Wildman–Crippen MR) is 171 cm³/mol. The lowest BCUT2D eigenvalue weighted by molar-refractivity contribution is 0.173. The van der Waals surface area contributed by atoms with E-state index in [0.29, 0.717) is 16.7 Å². The Morgan fingerprint density at radius 1 is 1.07 bits per heavy atom. The fourth-order valence-electron chi connectivity index (χ4n) is 6.26. The summed E-state index contributed by atoms with van der Waals surface area (Å²) in [6, 6.07) is 12.4. The van der Waals surface area contributed by atoms with Gasteiger partial charge in [-0.25, -0.2) is 13.2 Å². The van der Waals surface area contributed by atoms with Gasteiger partial charge in [-0.3, -0.25) is 4.31 Å². The summed E-state index contributed by atoms with van der Waals surface area (Å²) in [5.41, 5.74) is 9.68. The molecule has 42 heavy (non-hydrogen) atoms. The SMILES string of the molecule is Cc1ccccc1C(C)(N)C1CCC(NC(=O)Oc2c(N(C)S(=O)(=O)c3ccc(Cl)c(Cl)c3)sc3c2CCCC3)CC1. The molecular weight excluding hydrogens is 613 g/mol. The Balaban J connectivity index is 1.30. The smallest absolute Gasteiger partial charge is 0.407 e. The van der Waals surface area contributed by atoms with Gasteiger partial charge >= 0.3 is 6.09 Å². The number of carbonyl (C=O) groups is 1. The predicted octanol–water partition coefficient (Wildman–Crippen LogP) is 7.59. The second kappa shape index (κ2) is 12.4. The van der Waals surface area contributed by atoms with Crippen LogP contribution >= 0.6 is 34.5 Å². The van der Waals surface area contributed by atoms with E-state index in [1.807, 2.05) is 12.1 Å². The van der Waals surface area contributed by atoms with Crippen LogP contribution in [0.1, 0.15) is 67.0 Å². The first-order valence-electron chi connectivity index (χ1n) is 14.3. The molecule has 226 valence electrons. The number of benzene rings is 2. The molecule has 2 aliphatic carbocycles. The molecule has 2 aliphatic rings. The highest BCUT2D eigenvalue weighted by Gasteiger charge is 2.37. The van der Waals surface area contributed by atoms with Gasteiger partial charge in [0, 0.05) is 29.1 Å². The van der Waals surface area contributed by atoms with E-state index in [2.05, 4.69) is 31.3 Å². The van der Waals surface area contributed by atoms with E-state index in [0.717, 1.165) is 67.4 Å². The number of rotatable bonds is 7. The minimum Gasteiger partial charge on any atom is -0.407 e. The summed E-state index contributed by atoms with van der Waals surface area (Å²) in [4.78, 5) is 14.3. The molecule has 2 aromatic carbocycles. The van der Waals surface area contributed by atoms with Crippen LogP contribution in [-0.4, -0.2) is 27.6 Å². The molecule has 3 aromatic rings. The molecular formula is C31H37Cl2N3O4S2. The van der Waals surface area contributed by atoms with Crippen LogP contribution in [0.25, 0.3) is 0 Å². The third-order valence-corrected chi connectivity index (χ3v) is 12.7. The Hall–Kier alpha value is -2.30. The number of hydrogen-bond donors (Lipinski definition) is 2. The largest absolute Gasteiger partial charge is 0.412 e. The lowest BCUT2D eigenvalue weighted by Crippen LogP contribution is -2.46. The van der Waals surface area contributed by atoms with Crippen molar-refractivity contribution >= 4 is 55.7 Å². The van der Waals surface area contributed by atoms with Crippen molar-refractivity contribution in [1.82, 2.24) is 5.32 Å². The van der Waals surface area contributed by atoms with E-state index in [9.17, 15) is 13.2 Å². The Bertz CT molecular complexity index is 1580. The van der Waals surface area contributed by atoms with Gasteiger partial charge in [0.25, 0.3) is 10.0 Å². The molecule has 5 rings (SSSR count). The van der Waals surface area contributed by atoms with E-state index >= 15 is 0 Å². The number of amides is 1. The number of nitrogens with two attached hydrogens (primary N) is 1. The van der Waals surface area contributed by atoms with Crippen molar-refractivity contribution in [3.63, 3.8) is 0 Å². The minimum absolute atomic E-state index is 0.00975. The van der Waals surface area contributed by atoms with E-state index in [-0.39, 0.29) is 21.0 Å². The topological polar surface area (TPSA) is 102 Å². The number of sulfonamides is 1. The molecule has 0 spiro atoms. The summed E-state index contributed by atoms with van der Waals surface area (Å²) < 4.78 is 34.2. The Kier molecular flexibility index (Phi) is 9.17. The summed E-state index contributed by atoms with van der Waals surface area (Å²) in [6.45, 7) is 4.19. The fourth-order valence-corrected chi connectivity index (χ4v) is 9.34. The third-order valence-electron chi connectivity index (χ3n) is 8.76. The highest BCUT2D eigenvalue weighted by Crippen LogP contribution is 2.47. The number of aryl methyl sites for hydroxylation is 2. The third kappa shape index (κ3) is 6.17. The van der Waals surface area contributed by atoms with Crippen molar-refractivity contribution in [3.8, 4) is 5.75 Å². The van der Waals surface area contributed by atoms with Crippen LogP contribution in [0, 0.1) is 12.8 Å². The maximum atomic E-state index is 13.6. The summed E-state index contributed by atoms with van der Waals surface area (Å²) in [5, 5.41) is 3.84. The molecule has 11 heteroatoms. The van der Waals surface area contributed by atoms with Crippen molar-refractivity contribution in [1.29, 1.82) is 0 Å². The number of carbonyl (C=O) groups excluding carboxylic acids is 1. The highest BCUT2D eigenvalue weighted by atomic mass is 35.5. The first-order chi connectivity index (χ1) is 19.9. The molecule has 1 amide bonds. The number of nitrogens with zero attached hydrogens (tertiary/aromatic N) is 1. The van der Waals surface area contributed by atoms with Crippen molar-refractivity contribution in [2.45, 2.75) is 81.7 Å². The molecule has 0 radical (unpaired) electrons. The quantitative estimate of drug-likeness (QED) is 0.275. The van der Waals surface area contributed by atoms with Gasteiger partial charge in [-0.15, -0.1) is 11.3 Å². The van der Waals surface area contributed by atoms with Crippen LogP contribution in [0.3, 0.4) is 0 Å². The number of halogens is 2. The zero-order chi connectivity index (χ0) is 30.2. The van der Waals surface area contributed by atoms with E-state index < -0.39 is 21.7 Å². The Labute approximate surface area is 262 Å². The van der Waals surface area contributed by atoms with Gasteiger partial charge < -0.3 is 15.8 Å². The van der Waals surface area contributed by atoms with Crippen LogP contribution in [-0.2, 0) is 28.4 Å². The van der Waals surface area contributed by atoms with Gasteiger partial charge in [0.05, 0.1) is 14.9 Å². The maximum absolute atomic E-state index is 13.6. The van der Waals surface area contributed by atoms with Gasteiger partial charge in [-0.2, -0.15) is 0 Å². The van der Waals surface area contributed by atoms with Crippen LogP contribution in [0.5, 0.6) is 5.75 Å². The van der Waals surface area contributed by atoms with Crippen LogP contribution in [0.2, 0.25) is 10.0 Å². The molecule has 1 aromatic heterocycles. The zero-order valence-electron chi connectivity index (χ0n) is 24.1. The summed E-state index contributed by atoms with van der Waals surface area (Å²) in [6.07, 6.45) is 6.29. The maximum Gasteiger partial charge on any atom is 0.412 e. The van der Waals surface area contributed by atoms with Crippen molar-refractivity contribution in [3.05, 3.63) is 74.1 Å². The molecule has 1 fully saturated rings. The number of thiophene rings is 1. The van der Waals surface area contributed by atoms with Crippen molar-refractivity contribution < 1.29 is 17.9 Å². The molecule has 1 atom stereocenters. The van der Waals surface area contributed by atoms with Crippen LogP contribution in [0.4, 0.5) is 9.80 Å². The molecule has 1 heterocycles. The highest BCUT2D eigenvalue weighted by molar-refractivity contribution is 7.93. The van der Waals surface area contributed by atoms with Crippen molar-refractivity contribution in [2.24, 2.45) is 11.7 Å². The number of anilines is 1. The molecule has 1 unspecified atom stereocenters. The molecule has 3 N–H and O–H groups in total. The van der Waals surface area contributed by atoms with Gasteiger partial charge in [0.1, 0.15) is 5.00 Å². The Morgan fingerprint density at radius 2 is 1.76 bits per heavy atom. The average molecular weight is 651 g/mol. The summed E-state index contributed by atoms with van der Waals surface area (Å²) in [5.74, 6) is 0.615. The lowest BCUT2D eigenvalue weighted by atomic mass is 9.71. The summed E-state index contributed by atoms with van der Waals surface area (Å²) in [7, 11) is -2.51. The first kappa shape index (κ1) is 31.1. The van der Waals surface area contributed by atoms with Crippen LogP contribution in [0.15, 0.2) is 47.4 Å². The number of ether oxygens (including phenoxy) is 1. The van der Waals surface area contributed by atoms with E-state index in [1.54, 1.807) is 0 Å². The Morgan fingerprint density at radius 3 is 2.45 bits per heavy atom.